The van der Waals surface area contributed by atoms with Crippen LogP contribution in [0.3, 0.4) is 0 Å². The normalized spacial score (nSPS) is 14.9. The molecular formula is C42H35N. The molecule has 0 saturated carbocycles. The van der Waals surface area contributed by atoms with E-state index in [0.29, 0.717) is 0 Å². The number of benzene rings is 6. The van der Waals surface area contributed by atoms with Gasteiger partial charge in [0, 0.05) is 22.1 Å². The van der Waals surface area contributed by atoms with Crippen LogP contribution < -0.4 is 4.90 Å². The Hall–Kier alpha value is -4.88. The maximum Gasteiger partial charge on any atom is 0.0543 e. The van der Waals surface area contributed by atoms with E-state index in [1.165, 1.54) is 67.0 Å². The Morgan fingerprint density at radius 2 is 0.977 bits per heavy atom. The molecule has 0 fully saturated rings. The van der Waals surface area contributed by atoms with E-state index in [1.807, 2.05) is 0 Å². The van der Waals surface area contributed by atoms with Crippen molar-refractivity contribution in [1.82, 2.24) is 0 Å². The first-order valence-electron chi connectivity index (χ1n) is 15.3. The molecule has 0 bridgehead atoms. The molecule has 0 heterocycles. The number of fused-ring (bicyclic) bond motifs is 6. The standard InChI is InChI=1S/C42H35N/c1-41(2)35-23-11-9-20-33(35)39-36(41)24-14-25-37(39)43(30-18-12-17-29(27-30)28-15-6-5-7-16-28)38-26-13-21-32-31-19-8-10-22-34(31)42(3,4)40(32)38/h5-27H,1-4H3. The van der Waals surface area contributed by atoms with Gasteiger partial charge in [-0.15, -0.1) is 0 Å². The van der Waals surface area contributed by atoms with Crippen LogP contribution in [0, 0.1) is 0 Å². The molecule has 0 N–H and O–H groups in total. The summed E-state index contributed by atoms with van der Waals surface area (Å²) in [4.78, 5) is 2.54. The van der Waals surface area contributed by atoms with Crippen LogP contribution in [-0.2, 0) is 10.8 Å². The lowest BCUT2D eigenvalue weighted by Crippen LogP contribution is -2.21. The fourth-order valence-corrected chi connectivity index (χ4v) is 7.79. The van der Waals surface area contributed by atoms with Crippen molar-refractivity contribution in [3.63, 3.8) is 0 Å². The van der Waals surface area contributed by atoms with Gasteiger partial charge in [0.05, 0.1) is 11.4 Å². The van der Waals surface area contributed by atoms with E-state index in [1.54, 1.807) is 0 Å². The Morgan fingerprint density at radius 3 is 1.77 bits per heavy atom. The highest BCUT2D eigenvalue weighted by atomic mass is 15.1. The van der Waals surface area contributed by atoms with Gasteiger partial charge in [0.1, 0.15) is 0 Å². The van der Waals surface area contributed by atoms with Gasteiger partial charge < -0.3 is 4.90 Å². The van der Waals surface area contributed by atoms with Gasteiger partial charge in [-0.2, -0.15) is 0 Å². The molecule has 43 heavy (non-hydrogen) atoms. The quantitative estimate of drug-likeness (QED) is 0.210. The van der Waals surface area contributed by atoms with Crippen molar-refractivity contribution in [2.24, 2.45) is 0 Å². The minimum atomic E-state index is -0.146. The molecule has 2 aliphatic carbocycles. The zero-order chi connectivity index (χ0) is 29.3. The monoisotopic (exact) mass is 553 g/mol. The number of nitrogens with zero attached hydrogens (tertiary/aromatic N) is 1. The topological polar surface area (TPSA) is 3.24 Å². The Labute approximate surface area is 255 Å². The predicted molar refractivity (Wildman–Crippen MR) is 182 cm³/mol. The van der Waals surface area contributed by atoms with E-state index in [4.69, 9.17) is 0 Å². The Bertz CT molecular complexity index is 2030. The summed E-state index contributed by atoms with van der Waals surface area (Å²) >= 11 is 0. The van der Waals surface area contributed by atoms with Gasteiger partial charge in [0.25, 0.3) is 0 Å². The first-order chi connectivity index (χ1) is 20.9. The van der Waals surface area contributed by atoms with Crippen molar-refractivity contribution < 1.29 is 0 Å². The van der Waals surface area contributed by atoms with Crippen molar-refractivity contribution in [3.8, 4) is 33.4 Å². The maximum atomic E-state index is 2.54. The minimum Gasteiger partial charge on any atom is -0.310 e. The Balaban J connectivity index is 1.44. The second-order valence-corrected chi connectivity index (χ2v) is 13.0. The maximum absolute atomic E-state index is 2.54. The summed E-state index contributed by atoms with van der Waals surface area (Å²) in [5, 5.41) is 0. The number of hydrogen-bond acceptors (Lipinski definition) is 1. The highest BCUT2D eigenvalue weighted by Crippen LogP contribution is 2.58. The first-order valence-corrected chi connectivity index (χ1v) is 15.3. The zero-order valence-corrected chi connectivity index (χ0v) is 25.2. The third kappa shape index (κ3) is 3.71. The third-order valence-electron chi connectivity index (χ3n) is 9.84. The zero-order valence-electron chi connectivity index (χ0n) is 25.2. The van der Waals surface area contributed by atoms with Crippen LogP contribution in [0.4, 0.5) is 17.1 Å². The van der Waals surface area contributed by atoms with Crippen LogP contribution in [0.5, 0.6) is 0 Å². The fraction of sp³-hybridized carbons (Fsp3) is 0.143. The molecule has 0 spiro atoms. The second-order valence-electron chi connectivity index (χ2n) is 13.0. The average Bonchev–Trinajstić information content (AvgIpc) is 3.43. The minimum absolute atomic E-state index is 0.0758. The molecule has 1 nitrogen and oxygen atoms in total. The van der Waals surface area contributed by atoms with Crippen LogP contribution >= 0.6 is 0 Å². The lowest BCUT2D eigenvalue weighted by molar-refractivity contribution is 0.659. The van der Waals surface area contributed by atoms with E-state index in [9.17, 15) is 0 Å². The molecule has 1 heteroatoms. The van der Waals surface area contributed by atoms with Crippen LogP contribution in [0.15, 0.2) is 140 Å². The second kappa shape index (κ2) is 9.31. The van der Waals surface area contributed by atoms with Gasteiger partial charge in [-0.3, -0.25) is 0 Å². The lowest BCUT2D eigenvalue weighted by Gasteiger charge is -2.34. The summed E-state index contributed by atoms with van der Waals surface area (Å²) in [7, 11) is 0. The van der Waals surface area contributed by atoms with Crippen molar-refractivity contribution in [2.75, 3.05) is 4.90 Å². The van der Waals surface area contributed by atoms with Gasteiger partial charge >= 0.3 is 0 Å². The summed E-state index contributed by atoms with van der Waals surface area (Å²) in [6.07, 6.45) is 0. The number of rotatable bonds is 4. The molecule has 0 radical (unpaired) electrons. The summed E-state index contributed by atoms with van der Waals surface area (Å²) in [5.41, 5.74) is 16.7. The molecule has 208 valence electrons. The van der Waals surface area contributed by atoms with Crippen LogP contribution in [-0.4, -0.2) is 0 Å². The summed E-state index contributed by atoms with van der Waals surface area (Å²) in [6, 6.07) is 51.4. The molecule has 0 atom stereocenters. The highest BCUT2D eigenvalue weighted by molar-refractivity contribution is 5.98. The fourth-order valence-electron chi connectivity index (χ4n) is 7.79. The van der Waals surface area contributed by atoms with Crippen LogP contribution in [0.1, 0.15) is 49.9 Å². The van der Waals surface area contributed by atoms with E-state index in [0.717, 1.165) is 5.69 Å². The number of anilines is 3. The van der Waals surface area contributed by atoms with E-state index in [2.05, 4.69) is 172 Å². The van der Waals surface area contributed by atoms with Crippen molar-refractivity contribution in [3.05, 3.63) is 162 Å². The Morgan fingerprint density at radius 1 is 0.419 bits per heavy atom. The van der Waals surface area contributed by atoms with E-state index in [-0.39, 0.29) is 10.8 Å². The van der Waals surface area contributed by atoms with Crippen molar-refractivity contribution >= 4 is 17.1 Å². The molecule has 2 aliphatic rings. The molecule has 0 aromatic heterocycles. The highest BCUT2D eigenvalue weighted by Gasteiger charge is 2.41. The summed E-state index contributed by atoms with van der Waals surface area (Å²) < 4.78 is 0. The van der Waals surface area contributed by atoms with Gasteiger partial charge in [0.15, 0.2) is 0 Å². The summed E-state index contributed by atoms with van der Waals surface area (Å²) in [6.45, 7) is 9.49. The SMILES string of the molecule is CC1(C)c2ccccc2-c2c(N(c3cccc(-c4ccccc4)c3)c3cccc4c3C(C)(C)c3ccccc3-4)cccc21. The molecule has 0 amide bonds. The average molecular weight is 554 g/mol. The molecule has 6 aromatic rings. The van der Waals surface area contributed by atoms with Crippen molar-refractivity contribution in [2.45, 2.75) is 38.5 Å². The number of hydrogen-bond donors (Lipinski definition) is 0. The first kappa shape index (κ1) is 25.8. The van der Waals surface area contributed by atoms with Crippen LogP contribution in [0.25, 0.3) is 33.4 Å². The molecule has 0 saturated heterocycles. The van der Waals surface area contributed by atoms with Crippen LogP contribution in [0.2, 0.25) is 0 Å². The Kier molecular flexibility index (Phi) is 5.59. The van der Waals surface area contributed by atoms with Gasteiger partial charge in [-0.25, -0.2) is 0 Å². The van der Waals surface area contributed by atoms with Crippen molar-refractivity contribution in [1.29, 1.82) is 0 Å². The van der Waals surface area contributed by atoms with E-state index >= 15 is 0 Å². The van der Waals surface area contributed by atoms with E-state index < -0.39 is 0 Å². The molecule has 0 unspecified atom stereocenters. The summed E-state index contributed by atoms with van der Waals surface area (Å²) in [5.74, 6) is 0. The largest absolute Gasteiger partial charge is 0.310 e. The van der Waals surface area contributed by atoms with Gasteiger partial charge in [-0.05, 0) is 74.3 Å². The molecule has 6 aromatic carbocycles. The molecule has 0 aliphatic heterocycles. The van der Waals surface area contributed by atoms with Gasteiger partial charge in [-0.1, -0.05) is 143 Å². The molecule has 8 rings (SSSR count). The third-order valence-corrected chi connectivity index (χ3v) is 9.84. The lowest BCUT2D eigenvalue weighted by atomic mass is 9.81. The van der Waals surface area contributed by atoms with Gasteiger partial charge in [0.2, 0.25) is 0 Å². The predicted octanol–water partition coefficient (Wildman–Crippen LogP) is 11.4. The smallest absolute Gasteiger partial charge is 0.0543 e. The molecular weight excluding hydrogens is 518 g/mol.